The fourth-order valence-corrected chi connectivity index (χ4v) is 5.67. The van der Waals surface area contributed by atoms with Crippen LogP contribution in [0.15, 0.2) is 29.1 Å². The largest absolute Gasteiger partial charge is 0.458 e. The summed E-state index contributed by atoms with van der Waals surface area (Å²) in [5.74, 6) is -0.268. The second-order valence-corrected chi connectivity index (χ2v) is 10.6. The Hall–Kier alpha value is -3.80. The van der Waals surface area contributed by atoms with Gasteiger partial charge >= 0.3 is 12.1 Å². The van der Waals surface area contributed by atoms with Gasteiger partial charge in [-0.2, -0.15) is 0 Å². The smallest absolute Gasteiger partial charge is 0.415 e. The molecule has 1 atom stereocenters. The van der Waals surface area contributed by atoms with Crippen LogP contribution >= 0.6 is 0 Å². The average Bonchev–Trinajstić information content (AvgIpc) is 3.29. The Kier molecular flexibility index (Phi) is 6.17. The van der Waals surface area contributed by atoms with Gasteiger partial charge in [-0.15, -0.1) is 0 Å². The number of aromatic nitrogens is 2. The average molecular weight is 534 g/mol. The Bertz CT molecular complexity index is 1580. The molecule has 1 unspecified atom stereocenters. The monoisotopic (exact) mass is 533 g/mol. The molecule has 3 aromatic rings. The third kappa shape index (κ3) is 4.08. The molecule has 11 heteroatoms. The molecule has 0 bridgehead atoms. The number of piperazine rings is 1. The second kappa shape index (κ2) is 9.44. The molecule has 3 aliphatic heterocycles. The number of fused-ring (bicyclic) bond motifs is 5. The van der Waals surface area contributed by atoms with Gasteiger partial charge < -0.3 is 34.3 Å². The van der Waals surface area contributed by atoms with Crippen LogP contribution in [0.25, 0.3) is 22.3 Å². The quantitative estimate of drug-likeness (QED) is 0.376. The van der Waals surface area contributed by atoms with Crippen molar-refractivity contribution in [1.82, 2.24) is 24.7 Å². The highest BCUT2D eigenvalue weighted by Crippen LogP contribution is 2.40. The van der Waals surface area contributed by atoms with Gasteiger partial charge in [-0.1, -0.05) is 6.92 Å². The highest BCUT2D eigenvalue weighted by atomic mass is 16.6. The van der Waals surface area contributed by atoms with Crippen LogP contribution in [0.3, 0.4) is 0 Å². The van der Waals surface area contributed by atoms with Crippen LogP contribution in [0.2, 0.25) is 0 Å². The first-order valence-corrected chi connectivity index (χ1v) is 13.2. The van der Waals surface area contributed by atoms with Crippen molar-refractivity contribution in [3.05, 3.63) is 56.9 Å². The van der Waals surface area contributed by atoms with Gasteiger partial charge in [0.05, 0.1) is 29.0 Å². The first-order chi connectivity index (χ1) is 18.7. The zero-order valence-corrected chi connectivity index (χ0v) is 22.2. The minimum Gasteiger partial charge on any atom is -0.458 e. The molecule has 204 valence electrons. The van der Waals surface area contributed by atoms with E-state index in [4.69, 9.17) is 14.5 Å². The normalized spacial score (nSPS) is 20.0. The van der Waals surface area contributed by atoms with Crippen LogP contribution < -0.4 is 15.6 Å². The van der Waals surface area contributed by atoms with Gasteiger partial charge in [0, 0.05) is 54.8 Å². The van der Waals surface area contributed by atoms with E-state index >= 15 is 0 Å². The van der Waals surface area contributed by atoms with E-state index in [0.717, 1.165) is 29.6 Å². The number of aliphatic hydroxyl groups is 1. The number of nitrogens with zero attached hydrogens (tertiary/aromatic N) is 4. The van der Waals surface area contributed by atoms with Gasteiger partial charge in [0.25, 0.3) is 5.56 Å². The maximum atomic E-state index is 13.5. The molecule has 0 saturated carbocycles. The van der Waals surface area contributed by atoms with Crippen molar-refractivity contribution in [2.45, 2.75) is 38.6 Å². The van der Waals surface area contributed by atoms with E-state index in [1.54, 1.807) is 28.5 Å². The lowest BCUT2D eigenvalue weighted by atomic mass is 9.86. The minimum absolute atomic E-state index is 0.0864. The number of carbonyl (C=O) groups excluding carboxylic acids is 2. The molecule has 6 rings (SSSR count). The topological polar surface area (TPSA) is 126 Å². The van der Waals surface area contributed by atoms with Crippen LogP contribution in [0.1, 0.15) is 35.6 Å². The summed E-state index contributed by atoms with van der Waals surface area (Å²) in [4.78, 5) is 47.4. The van der Waals surface area contributed by atoms with Crippen LogP contribution in [0, 0.1) is 0 Å². The third-order valence-corrected chi connectivity index (χ3v) is 7.81. The highest BCUT2D eigenvalue weighted by molar-refractivity contribution is 5.90. The first kappa shape index (κ1) is 25.5. The number of hydrogen-bond acceptors (Lipinski definition) is 9. The molecule has 2 N–H and O–H groups in total. The zero-order valence-electron chi connectivity index (χ0n) is 22.2. The lowest BCUT2D eigenvalue weighted by molar-refractivity contribution is -0.172. The highest BCUT2D eigenvalue weighted by Gasteiger charge is 2.45. The van der Waals surface area contributed by atoms with Crippen LogP contribution in [0.5, 0.6) is 5.75 Å². The van der Waals surface area contributed by atoms with E-state index in [1.165, 1.54) is 0 Å². The first-order valence-electron chi connectivity index (χ1n) is 13.2. The second-order valence-electron chi connectivity index (χ2n) is 10.6. The Labute approximate surface area is 224 Å². The Balaban J connectivity index is 1.45. The number of carbonyl (C=O) groups is 2. The molecule has 1 aromatic carbocycles. The molecule has 0 spiro atoms. The molecule has 39 heavy (non-hydrogen) atoms. The van der Waals surface area contributed by atoms with Gasteiger partial charge in [0.1, 0.15) is 12.4 Å². The summed E-state index contributed by atoms with van der Waals surface area (Å²) < 4.78 is 12.7. The van der Waals surface area contributed by atoms with Crippen LogP contribution in [-0.4, -0.2) is 76.8 Å². The van der Waals surface area contributed by atoms with Crippen LogP contribution in [-0.2, 0) is 34.8 Å². The molecule has 5 heterocycles. The van der Waals surface area contributed by atoms with Crippen molar-refractivity contribution in [1.29, 1.82) is 0 Å². The van der Waals surface area contributed by atoms with E-state index in [0.29, 0.717) is 48.8 Å². The Morgan fingerprint density at radius 2 is 2.00 bits per heavy atom. The number of esters is 1. The van der Waals surface area contributed by atoms with E-state index in [-0.39, 0.29) is 35.8 Å². The molecule has 3 aliphatic rings. The molecule has 2 aromatic heterocycles. The predicted octanol–water partition coefficient (Wildman–Crippen LogP) is 1.55. The van der Waals surface area contributed by atoms with Crippen molar-refractivity contribution in [2.75, 3.05) is 40.3 Å². The number of nitrogens with one attached hydrogen (secondary N) is 1. The SMILES string of the molecule is CCC1(O)C(=O)OCc2c1cc1n(c2=O)Cc2cc3c(CN(C)C)c(OC(=O)N4CCNCC4)ccc3nc2-1. The van der Waals surface area contributed by atoms with Gasteiger partial charge in [-0.05, 0) is 44.8 Å². The molecular formula is C28H31N5O6. The van der Waals surface area contributed by atoms with Gasteiger partial charge in [-0.3, -0.25) is 4.79 Å². The molecule has 1 fully saturated rings. The third-order valence-electron chi connectivity index (χ3n) is 7.81. The summed E-state index contributed by atoms with van der Waals surface area (Å²) in [5, 5.41) is 15.2. The van der Waals surface area contributed by atoms with Gasteiger partial charge in [0.2, 0.25) is 0 Å². The Morgan fingerprint density at radius 1 is 1.23 bits per heavy atom. The number of ether oxygens (including phenoxy) is 2. The van der Waals surface area contributed by atoms with Crippen molar-refractivity contribution >= 4 is 23.0 Å². The maximum absolute atomic E-state index is 13.5. The molecule has 11 nitrogen and oxygen atoms in total. The van der Waals surface area contributed by atoms with E-state index in [2.05, 4.69) is 5.32 Å². The minimum atomic E-state index is -1.87. The molecule has 0 radical (unpaired) electrons. The summed E-state index contributed by atoms with van der Waals surface area (Å²) in [7, 11) is 3.89. The van der Waals surface area contributed by atoms with Gasteiger partial charge in [-0.25, -0.2) is 14.6 Å². The summed E-state index contributed by atoms with van der Waals surface area (Å²) in [6, 6.07) is 7.28. The summed E-state index contributed by atoms with van der Waals surface area (Å²) >= 11 is 0. The number of benzene rings is 1. The van der Waals surface area contributed by atoms with E-state index in [9.17, 15) is 19.5 Å². The van der Waals surface area contributed by atoms with Gasteiger partial charge in [0.15, 0.2) is 5.60 Å². The van der Waals surface area contributed by atoms with Crippen LogP contribution in [0.4, 0.5) is 4.79 Å². The molecular weight excluding hydrogens is 502 g/mol. The maximum Gasteiger partial charge on any atom is 0.415 e. The zero-order chi connectivity index (χ0) is 27.5. The summed E-state index contributed by atoms with van der Waals surface area (Å²) in [6.45, 7) is 4.96. The Morgan fingerprint density at radius 3 is 2.72 bits per heavy atom. The lowest BCUT2D eigenvalue weighted by Gasteiger charge is -2.31. The standard InChI is InChI=1S/C28H31N5O6/c1-4-28(37)20-12-22-24-16(13-33(22)25(34)19(20)15-38-26(28)35)11-17-18(14-31(2)3)23(6-5-21(17)30-24)39-27(36)32-9-7-29-8-10-32/h5-6,11-12,29,37H,4,7-10,13-15H2,1-3H3. The van der Waals surface area contributed by atoms with Crippen molar-refractivity contribution in [3.8, 4) is 17.1 Å². The predicted molar refractivity (Wildman–Crippen MR) is 142 cm³/mol. The fourth-order valence-electron chi connectivity index (χ4n) is 5.67. The molecule has 0 aliphatic carbocycles. The summed E-state index contributed by atoms with van der Waals surface area (Å²) in [6.07, 6.45) is -0.294. The number of amides is 1. The van der Waals surface area contributed by atoms with E-state index in [1.807, 2.05) is 31.1 Å². The number of rotatable bonds is 4. The molecule has 1 amide bonds. The van der Waals surface area contributed by atoms with Crippen molar-refractivity contribution in [2.24, 2.45) is 0 Å². The fraction of sp³-hybridized carbons (Fsp3) is 0.429. The summed E-state index contributed by atoms with van der Waals surface area (Å²) in [5.41, 5.74) is 1.94. The number of cyclic esters (lactones) is 1. The van der Waals surface area contributed by atoms with Crippen molar-refractivity contribution in [3.63, 3.8) is 0 Å². The number of pyridine rings is 2. The number of hydrogen-bond donors (Lipinski definition) is 2. The molecule has 1 saturated heterocycles. The van der Waals surface area contributed by atoms with E-state index < -0.39 is 11.6 Å². The lowest BCUT2D eigenvalue weighted by Crippen LogP contribution is -2.47. The van der Waals surface area contributed by atoms with Crippen molar-refractivity contribution < 1.29 is 24.2 Å².